The van der Waals surface area contributed by atoms with Crippen LogP contribution in [0.25, 0.3) is 21.8 Å². The maximum Gasteiger partial charge on any atom is 0.491 e. The molecule has 0 fully saturated rings. The van der Waals surface area contributed by atoms with Crippen LogP contribution in [0.2, 0.25) is 0 Å². The summed E-state index contributed by atoms with van der Waals surface area (Å²) in [5.74, 6) is -2.87. The molecule has 0 aliphatic rings. The number of hydrogen-bond donors (Lipinski definition) is 1. The second-order valence-corrected chi connectivity index (χ2v) is 7.64. The maximum atomic E-state index is 12.9. The number of methoxy groups -OCH3 is 2. The number of anilines is 2. The fourth-order valence-electron chi connectivity index (χ4n) is 3.50. The average Bonchev–Trinajstić information content (AvgIpc) is 2.83. The van der Waals surface area contributed by atoms with Gasteiger partial charge in [-0.2, -0.15) is 18.2 Å². The Morgan fingerprint density at radius 3 is 2.24 bits per heavy atom. The van der Waals surface area contributed by atoms with Crippen molar-refractivity contribution in [3.63, 3.8) is 0 Å². The number of rotatable bonds is 6. The molecule has 4 rings (SSSR count). The van der Waals surface area contributed by atoms with Crippen molar-refractivity contribution in [1.82, 2.24) is 19.9 Å². The number of halogens is 3. The molecular formula is C22H17F3N6O6. The lowest BCUT2D eigenvalue weighted by Crippen LogP contribution is -2.28. The maximum absolute atomic E-state index is 12.9. The lowest BCUT2D eigenvalue weighted by molar-refractivity contribution is -0.384. The molecule has 0 aliphatic heterocycles. The second kappa shape index (κ2) is 9.33. The van der Waals surface area contributed by atoms with Gasteiger partial charge in [-0.3, -0.25) is 15.4 Å². The molecule has 0 aliphatic carbocycles. The summed E-state index contributed by atoms with van der Waals surface area (Å²) < 4.78 is 53.8. The van der Waals surface area contributed by atoms with Crippen LogP contribution in [0.15, 0.2) is 24.3 Å². The fraction of sp³-hybridized carbons (Fsp3) is 0.227. The Balaban J connectivity index is 1.86. The number of nitrogens with zero attached hydrogens (tertiary/aromatic N) is 5. The molecular weight excluding hydrogens is 501 g/mol. The van der Waals surface area contributed by atoms with E-state index in [0.29, 0.717) is 28.1 Å². The van der Waals surface area contributed by atoms with E-state index in [9.17, 15) is 28.1 Å². The zero-order valence-corrected chi connectivity index (χ0v) is 19.6. The number of hydrogen-bond acceptors (Lipinski definition) is 11. The zero-order chi connectivity index (χ0) is 27.1. The molecule has 0 unspecified atom stereocenters. The van der Waals surface area contributed by atoms with E-state index in [4.69, 9.17) is 9.47 Å². The third-order valence-corrected chi connectivity index (χ3v) is 5.18. The molecule has 0 amide bonds. The molecule has 12 nitrogen and oxygen atoms in total. The fourth-order valence-corrected chi connectivity index (χ4v) is 3.50. The van der Waals surface area contributed by atoms with Gasteiger partial charge in [-0.1, -0.05) is 0 Å². The van der Waals surface area contributed by atoms with E-state index in [-0.39, 0.29) is 28.4 Å². The van der Waals surface area contributed by atoms with Gasteiger partial charge in [-0.15, -0.1) is 0 Å². The third kappa shape index (κ3) is 4.96. The summed E-state index contributed by atoms with van der Waals surface area (Å²) in [7, 11) is 2.93. The van der Waals surface area contributed by atoms with Crippen LogP contribution in [-0.2, 0) is 4.79 Å². The number of nitrogens with one attached hydrogen (secondary N) is 1. The number of nitro groups is 1. The van der Waals surface area contributed by atoms with Crippen molar-refractivity contribution in [3.05, 3.63) is 45.6 Å². The number of ether oxygens (including phenoxy) is 3. The summed E-state index contributed by atoms with van der Waals surface area (Å²) in [5, 5.41) is 14.3. The summed E-state index contributed by atoms with van der Waals surface area (Å²) in [6.07, 6.45) is -5.34. The van der Waals surface area contributed by atoms with Crippen LogP contribution < -0.4 is 19.5 Å². The molecule has 2 aromatic heterocycles. The van der Waals surface area contributed by atoms with Crippen LogP contribution in [0.5, 0.6) is 17.4 Å². The summed E-state index contributed by atoms with van der Waals surface area (Å²) in [4.78, 5) is 38.9. The number of aromatic nitrogens is 4. The number of carbonyl (C=O) groups excluding carboxylic acids is 1. The molecule has 1 N–H and O–H groups in total. The Morgan fingerprint density at radius 1 is 0.946 bits per heavy atom. The highest BCUT2D eigenvalue weighted by Crippen LogP contribution is 2.34. The second-order valence-electron chi connectivity index (χ2n) is 7.64. The van der Waals surface area contributed by atoms with Crippen molar-refractivity contribution in [2.24, 2.45) is 0 Å². The van der Waals surface area contributed by atoms with Crippen LogP contribution in [-0.4, -0.2) is 51.2 Å². The van der Waals surface area contributed by atoms with Gasteiger partial charge in [0.2, 0.25) is 17.8 Å². The minimum atomic E-state index is -5.34. The zero-order valence-electron chi connectivity index (χ0n) is 19.6. The van der Waals surface area contributed by atoms with Gasteiger partial charge in [-0.25, -0.2) is 19.7 Å². The summed E-state index contributed by atoms with van der Waals surface area (Å²) >= 11 is 0. The average molecular weight is 518 g/mol. The third-order valence-electron chi connectivity index (χ3n) is 5.18. The molecule has 192 valence electrons. The Kier molecular flexibility index (Phi) is 6.37. The van der Waals surface area contributed by atoms with Crippen molar-refractivity contribution < 1.29 is 37.1 Å². The van der Waals surface area contributed by atoms with Gasteiger partial charge in [0.15, 0.2) is 0 Å². The Hall–Kier alpha value is -4.82. The van der Waals surface area contributed by atoms with E-state index >= 15 is 0 Å². The first-order valence-electron chi connectivity index (χ1n) is 10.3. The molecule has 4 aromatic rings. The summed E-state index contributed by atoms with van der Waals surface area (Å²) in [6.45, 7) is 3.14. The van der Waals surface area contributed by atoms with E-state index in [1.54, 1.807) is 19.1 Å². The molecule has 0 atom stereocenters. The van der Waals surface area contributed by atoms with Crippen LogP contribution in [0.4, 0.5) is 30.8 Å². The first-order valence-corrected chi connectivity index (χ1v) is 10.3. The molecule has 0 radical (unpaired) electrons. The molecule has 0 saturated carbocycles. The standard InChI is InChI=1S/C22H17F3N6O6/c1-9-5-11(31(33)34)6-14-16(9)27-21(29-18(14)37-19(32)22(23,24)25)30-20-26-10(2)13-7-12(35-3)8-15(36-4)17(13)28-20/h5-8H,1-4H3,(H,26,27,28,29,30). The number of carbonyl (C=O) groups is 1. The smallest absolute Gasteiger partial charge is 0.491 e. The highest BCUT2D eigenvalue weighted by atomic mass is 19.4. The van der Waals surface area contributed by atoms with Gasteiger partial charge in [0.1, 0.15) is 17.0 Å². The minimum Gasteiger partial charge on any atom is -0.497 e. The van der Waals surface area contributed by atoms with Gasteiger partial charge in [0, 0.05) is 23.6 Å². The Bertz CT molecular complexity index is 1580. The number of alkyl halides is 3. The molecule has 37 heavy (non-hydrogen) atoms. The largest absolute Gasteiger partial charge is 0.497 e. The van der Waals surface area contributed by atoms with E-state index in [1.807, 2.05) is 0 Å². The molecule has 0 bridgehead atoms. The number of aryl methyl sites for hydroxylation is 2. The van der Waals surface area contributed by atoms with Gasteiger partial charge in [0.25, 0.3) is 5.69 Å². The number of fused-ring (bicyclic) bond motifs is 2. The van der Waals surface area contributed by atoms with Gasteiger partial charge in [-0.05, 0) is 25.5 Å². The van der Waals surface area contributed by atoms with Crippen molar-refractivity contribution in [3.8, 4) is 17.4 Å². The first kappa shape index (κ1) is 25.3. The number of nitro benzene ring substituents is 1. The molecule has 0 saturated heterocycles. The van der Waals surface area contributed by atoms with Crippen molar-refractivity contribution in [1.29, 1.82) is 0 Å². The highest BCUT2D eigenvalue weighted by molar-refractivity contribution is 5.92. The van der Waals surface area contributed by atoms with Crippen LogP contribution in [0, 0.1) is 24.0 Å². The van der Waals surface area contributed by atoms with Crippen molar-refractivity contribution in [2.75, 3.05) is 19.5 Å². The summed E-state index contributed by atoms with van der Waals surface area (Å²) in [5.41, 5.74) is 0.682. The first-order chi connectivity index (χ1) is 17.4. The SMILES string of the molecule is COc1cc(OC)c2nc(Nc3nc(OC(=O)C(F)(F)F)c4cc([N+](=O)[O-])cc(C)c4n3)nc(C)c2c1. The van der Waals surface area contributed by atoms with E-state index in [2.05, 4.69) is 30.0 Å². The highest BCUT2D eigenvalue weighted by Gasteiger charge is 2.42. The van der Waals surface area contributed by atoms with Crippen LogP contribution >= 0.6 is 0 Å². The number of benzene rings is 2. The van der Waals surface area contributed by atoms with Crippen molar-refractivity contribution >= 4 is 45.4 Å². The molecule has 2 heterocycles. The monoisotopic (exact) mass is 518 g/mol. The molecule has 0 spiro atoms. The quantitative estimate of drug-likeness (QED) is 0.221. The van der Waals surface area contributed by atoms with E-state index in [1.165, 1.54) is 27.2 Å². The predicted octanol–water partition coefficient (Wildman–Crippen LogP) is 4.33. The van der Waals surface area contributed by atoms with Crippen molar-refractivity contribution in [2.45, 2.75) is 20.0 Å². The normalized spacial score (nSPS) is 11.4. The predicted molar refractivity (Wildman–Crippen MR) is 123 cm³/mol. The van der Waals surface area contributed by atoms with Crippen LogP contribution in [0.3, 0.4) is 0 Å². The topological polar surface area (TPSA) is 151 Å². The number of non-ortho nitro benzene ring substituents is 1. The van der Waals surface area contributed by atoms with E-state index < -0.39 is 28.6 Å². The molecule has 2 aromatic carbocycles. The van der Waals surface area contributed by atoms with E-state index in [0.717, 1.165) is 6.07 Å². The van der Waals surface area contributed by atoms with Crippen LogP contribution in [0.1, 0.15) is 11.3 Å². The number of esters is 1. The minimum absolute atomic E-state index is 0.00732. The molecule has 15 heteroatoms. The van der Waals surface area contributed by atoms with Gasteiger partial charge in [0.05, 0.1) is 35.7 Å². The Labute approximate surface area is 205 Å². The van der Waals surface area contributed by atoms with Gasteiger partial charge < -0.3 is 14.2 Å². The lowest BCUT2D eigenvalue weighted by atomic mass is 10.1. The summed E-state index contributed by atoms with van der Waals surface area (Å²) in [6, 6.07) is 5.40. The Morgan fingerprint density at radius 2 is 1.62 bits per heavy atom. The lowest BCUT2D eigenvalue weighted by Gasteiger charge is -2.13. The van der Waals surface area contributed by atoms with Gasteiger partial charge >= 0.3 is 12.1 Å².